The van der Waals surface area contributed by atoms with Gasteiger partial charge in [-0.1, -0.05) is 24.9 Å². The summed E-state index contributed by atoms with van der Waals surface area (Å²) in [6.07, 6.45) is 4.80. The Hall–Kier alpha value is -1.36. The molecule has 1 amide bonds. The van der Waals surface area contributed by atoms with Crippen LogP contribution in [0.3, 0.4) is 0 Å². The van der Waals surface area contributed by atoms with E-state index in [1.807, 2.05) is 13.8 Å². The fraction of sp³-hybridized carbons (Fsp3) is 0.783. The first-order chi connectivity index (χ1) is 15.0. The highest BCUT2D eigenvalue weighted by Gasteiger charge is 2.24. The molecular formula is C23H41IN6O2. The van der Waals surface area contributed by atoms with Gasteiger partial charge in [0.05, 0.1) is 12.2 Å². The summed E-state index contributed by atoms with van der Waals surface area (Å²) in [5, 5.41) is 7.51. The lowest BCUT2D eigenvalue weighted by atomic mass is 10.00. The third kappa shape index (κ3) is 7.33. The standard InChI is InChI=1S/C23H40N6O2.HI/c1-5-24-23(25-16-18(2)22-19(3)26-31-20(22)4)29-14-12-27(13-15-29)17-21(30)28-10-8-6-7-9-11-28;/h18H,5-17H2,1-4H3,(H,24,25);1H. The van der Waals surface area contributed by atoms with Gasteiger partial charge in [0, 0.05) is 63.8 Å². The number of carbonyl (C=O) groups excluding carboxylic acids is 1. The predicted octanol–water partition coefficient (Wildman–Crippen LogP) is 3.00. The summed E-state index contributed by atoms with van der Waals surface area (Å²) in [5.74, 6) is 2.39. The smallest absolute Gasteiger partial charge is 0.236 e. The van der Waals surface area contributed by atoms with E-state index in [0.717, 1.165) is 81.6 Å². The normalized spacial score (nSPS) is 19.3. The second-order valence-corrected chi connectivity index (χ2v) is 8.89. The third-order valence-electron chi connectivity index (χ3n) is 6.42. The molecule has 1 unspecified atom stereocenters. The molecule has 2 fully saturated rings. The van der Waals surface area contributed by atoms with Gasteiger partial charge in [-0.3, -0.25) is 14.7 Å². The van der Waals surface area contributed by atoms with Crippen LogP contribution in [-0.2, 0) is 4.79 Å². The number of aromatic nitrogens is 1. The Bertz CT molecular complexity index is 717. The van der Waals surface area contributed by atoms with Crippen molar-refractivity contribution in [1.29, 1.82) is 0 Å². The zero-order chi connectivity index (χ0) is 22.2. The Morgan fingerprint density at radius 3 is 2.28 bits per heavy atom. The number of guanidine groups is 1. The zero-order valence-corrected chi connectivity index (χ0v) is 22.6. The fourth-order valence-electron chi connectivity index (χ4n) is 4.66. The number of rotatable bonds is 6. The summed E-state index contributed by atoms with van der Waals surface area (Å²) >= 11 is 0. The maximum Gasteiger partial charge on any atom is 0.236 e. The second-order valence-electron chi connectivity index (χ2n) is 8.89. The van der Waals surface area contributed by atoms with Crippen LogP contribution >= 0.6 is 24.0 Å². The molecule has 9 heteroatoms. The van der Waals surface area contributed by atoms with Crippen LogP contribution in [0.15, 0.2) is 9.52 Å². The molecule has 1 N–H and O–H groups in total. The Morgan fingerprint density at radius 1 is 1.06 bits per heavy atom. The molecule has 1 atom stereocenters. The van der Waals surface area contributed by atoms with Crippen molar-refractivity contribution in [2.24, 2.45) is 4.99 Å². The van der Waals surface area contributed by atoms with Crippen molar-refractivity contribution in [3.63, 3.8) is 0 Å². The molecule has 0 radical (unpaired) electrons. The SMILES string of the molecule is CCNC(=NCC(C)c1c(C)noc1C)N1CCN(CC(=O)N2CCCCCC2)CC1.I. The van der Waals surface area contributed by atoms with Crippen LogP contribution in [0.5, 0.6) is 0 Å². The molecule has 2 aliphatic rings. The number of hydrogen-bond donors (Lipinski definition) is 1. The van der Waals surface area contributed by atoms with Crippen LogP contribution in [0, 0.1) is 13.8 Å². The van der Waals surface area contributed by atoms with E-state index in [2.05, 4.69) is 39.0 Å². The van der Waals surface area contributed by atoms with Gasteiger partial charge in [0.15, 0.2) is 5.96 Å². The van der Waals surface area contributed by atoms with Gasteiger partial charge < -0.3 is 19.6 Å². The van der Waals surface area contributed by atoms with Crippen LogP contribution < -0.4 is 5.32 Å². The summed E-state index contributed by atoms with van der Waals surface area (Å²) in [5.41, 5.74) is 2.12. The fourth-order valence-corrected chi connectivity index (χ4v) is 4.66. The van der Waals surface area contributed by atoms with Gasteiger partial charge >= 0.3 is 0 Å². The number of aryl methyl sites for hydroxylation is 2. The Morgan fingerprint density at radius 2 is 1.72 bits per heavy atom. The van der Waals surface area contributed by atoms with Crippen LogP contribution in [0.4, 0.5) is 0 Å². The number of nitrogens with one attached hydrogen (secondary N) is 1. The van der Waals surface area contributed by atoms with E-state index in [1.165, 1.54) is 12.8 Å². The monoisotopic (exact) mass is 560 g/mol. The number of nitrogens with zero attached hydrogens (tertiary/aromatic N) is 5. The van der Waals surface area contributed by atoms with E-state index < -0.39 is 0 Å². The van der Waals surface area contributed by atoms with Crippen molar-refractivity contribution >= 4 is 35.8 Å². The van der Waals surface area contributed by atoms with E-state index in [1.54, 1.807) is 0 Å². The van der Waals surface area contributed by atoms with Gasteiger partial charge in [-0.2, -0.15) is 0 Å². The largest absolute Gasteiger partial charge is 0.361 e. The molecule has 0 bridgehead atoms. The van der Waals surface area contributed by atoms with E-state index in [-0.39, 0.29) is 29.9 Å². The number of halogens is 1. The predicted molar refractivity (Wildman–Crippen MR) is 139 cm³/mol. The van der Waals surface area contributed by atoms with Crippen LogP contribution in [0.25, 0.3) is 0 Å². The summed E-state index contributed by atoms with van der Waals surface area (Å²) in [7, 11) is 0. The van der Waals surface area contributed by atoms with Crippen LogP contribution in [0.1, 0.15) is 62.5 Å². The molecule has 0 aliphatic carbocycles. The van der Waals surface area contributed by atoms with Crippen molar-refractivity contribution in [3.05, 3.63) is 17.0 Å². The first-order valence-electron chi connectivity index (χ1n) is 12.0. The van der Waals surface area contributed by atoms with Crippen molar-refractivity contribution < 1.29 is 9.32 Å². The van der Waals surface area contributed by atoms with Gasteiger partial charge in [-0.25, -0.2) is 0 Å². The average molecular weight is 561 g/mol. The molecular weight excluding hydrogens is 519 g/mol. The molecule has 0 aromatic carbocycles. The van der Waals surface area contributed by atoms with E-state index in [9.17, 15) is 4.79 Å². The number of hydrogen-bond acceptors (Lipinski definition) is 5. The van der Waals surface area contributed by atoms with Gasteiger partial charge in [0.1, 0.15) is 5.76 Å². The van der Waals surface area contributed by atoms with Crippen molar-refractivity contribution in [3.8, 4) is 0 Å². The molecule has 2 aliphatic heterocycles. The van der Waals surface area contributed by atoms with Crippen molar-refractivity contribution in [2.45, 2.75) is 59.3 Å². The molecule has 3 heterocycles. The summed E-state index contributed by atoms with van der Waals surface area (Å²) < 4.78 is 5.32. The van der Waals surface area contributed by atoms with Gasteiger partial charge in [-0.15, -0.1) is 24.0 Å². The Kier molecular flexibility index (Phi) is 11.2. The van der Waals surface area contributed by atoms with Gasteiger partial charge in [0.25, 0.3) is 0 Å². The minimum atomic E-state index is 0. The average Bonchev–Trinajstić information content (AvgIpc) is 2.96. The van der Waals surface area contributed by atoms with Crippen molar-refractivity contribution in [1.82, 2.24) is 25.2 Å². The van der Waals surface area contributed by atoms with Crippen LogP contribution in [0.2, 0.25) is 0 Å². The Balaban J connectivity index is 0.00000363. The second kappa shape index (κ2) is 13.4. The topological polar surface area (TPSA) is 77.2 Å². The van der Waals surface area contributed by atoms with E-state index in [4.69, 9.17) is 9.52 Å². The lowest BCUT2D eigenvalue weighted by molar-refractivity contribution is -0.132. The summed E-state index contributed by atoms with van der Waals surface area (Å²) in [6.45, 7) is 15.7. The molecule has 0 spiro atoms. The highest BCUT2D eigenvalue weighted by molar-refractivity contribution is 14.0. The number of carbonyl (C=O) groups is 1. The van der Waals surface area contributed by atoms with Crippen molar-refractivity contribution in [2.75, 3.05) is 58.9 Å². The molecule has 32 heavy (non-hydrogen) atoms. The van der Waals surface area contributed by atoms with E-state index >= 15 is 0 Å². The highest BCUT2D eigenvalue weighted by Crippen LogP contribution is 2.23. The summed E-state index contributed by atoms with van der Waals surface area (Å²) in [4.78, 5) is 24.3. The molecule has 0 saturated carbocycles. The number of amides is 1. The molecule has 182 valence electrons. The minimum absolute atomic E-state index is 0. The lowest BCUT2D eigenvalue weighted by Crippen LogP contribution is -2.54. The molecule has 1 aromatic heterocycles. The summed E-state index contributed by atoms with van der Waals surface area (Å²) in [6, 6.07) is 0. The molecule has 2 saturated heterocycles. The number of aliphatic imine (C=N–C) groups is 1. The number of likely N-dealkylation sites (tertiary alicyclic amines) is 1. The van der Waals surface area contributed by atoms with E-state index in [0.29, 0.717) is 19.0 Å². The molecule has 8 nitrogen and oxygen atoms in total. The van der Waals surface area contributed by atoms with Crippen LogP contribution in [-0.4, -0.2) is 90.6 Å². The first-order valence-corrected chi connectivity index (χ1v) is 12.0. The minimum Gasteiger partial charge on any atom is -0.361 e. The zero-order valence-electron chi connectivity index (χ0n) is 20.2. The first kappa shape index (κ1) is 26.9. The molecule has 3 rings (SSSR count). The maximum absolute atomic E-state index is 12.7. The number of piperazine rings is 1. The quantitative estimate of drug-likeness (QED) is 0.328. The lowest BCUT2D eigenvalue weighted by Gasteiger charge is -2.37. The Labute approximate surface area is 210 Å². The van der Waals surface area contributed by atoms with Gasteiger partial charge in [0.2, 0.25) is 5.91 Å². The third-order valence-corrected chi connectivity index (χ3v) is 6.42. The highest BCUT2D eigenvalue weighted by atomic mass is 127. The van der Waals surface area contributed by atoms with Gasteiger partial charge in [-0.05, 0) is 33.6 Å². The maximum atomic E-state index is 12.7. The molecule has 1 aromatic rings.